The molecule has 7 nitrogen and oxygen atoms in total. The molecule has 1 rings (SSSR count). The van der Waals surface area contributed by atoms with Crippen molar-refractivity contribution in [3.63, 3.8) is 0 Å². The molecule has 0 radical (unpaired) electrons. The molecule has 20 heavy (non-hydrogen) atoms. The van der Waals surface area contributed by atoms with Crippen molar-refractivity contribution < 1.29 is 19.6 Å². The number of hydrogen-bond donors (Lipinski definition) is 2. The highest BCUT2D eigenvalue weighted by Crippen LogP contribution is 2.23. The van der Waals surface area contributed by atoms with Gasteiger partial charge in [0.1, 0.15) is 5.60 Å². The van der Waals surface area contributed by atoms with Crippen molar-refractivity contribution in [2.24, 2.45) is 5.11 Å². The van der Waals surface area contributed by atoms with Crippen LogP contribution in [0.1, 0.15) is 36.7 Å². The van der Waals surface area contributed by atoms with Gasteiger partial charge in [0.05, 0.1) is 5.56 Å². The van der Waals surface area contributed by atoms with Gasteiger partial charge in [0.25, 0.3) is 0 Å². The third kappa shape index (κ3) is 3.99. The topological polar surface area (TPSA) is 116 Å². The molecule has 0 aliphatic heterocycles. The van der Waals surface area contributed by atoms with Crippen LogP contribution in [0.15, 0.2) is 17.2 Å². The van der Waals surface area contributed by atoms with Crippen LogP contribution in [0.5, 0.6) is 0 Å². The van der Waals surface area contributed by atoms with Gasteiger partial charge >= 0.3 is 13.1 Å². The van der Waals surface area contributed by atoms with Gasteiger partial charge in [-0.3, -0.25) is 0 Å². The Morgan fingerprint density at radius 3 is 2.45 bits per heavy atom. The summed E-state index contributed by atoms with van der Waals surface area (Å²) in [6.45, 7) is 6.76. The average molecular weight is 277 g/mol. The second kappa shape index (κ2) is 5.96. The summed E-state index contributed by atoms with van der Waals surface area (Å²) in [6.07, 6.45) is 0. The maximum atomic E-state index is 12.1. The summed E-state index contributed by atoms with van der Waals surface area (Å²) in [4.78, 5) is 14.7. The maximum absolute atomic E-state index is 12.1. The van der Waals surface area contributed by atoms with Crippen molar-refractivity contribution in [2.45, 2.75) is 33.3 Å². The standard InChI is InChI=1S/C12H16BN3O4/c1-7-9(11(17)20-12(2,3)4)5-8(13(18)19)6-10(7)15-16-14/h5-6,18-19H,1-4H3. The van der Waals surface area contributed by atoms with Crippen LogP contribution in [0, 0.1) is 6.92 Å². The predicted molar refractivity (Wildman–Crippen MR) is 75.0 cm³/mol. The molecule has 1 aromatic rings. The Morgan fingerprint density at radius 2 is 2.00 bits per heavy atom. The second-order valence-corrected chi connectivity index (χ2v) is 5.28. The molecule has 8 heteroatoms. The highest BCUT2D eigenvalue weighted by molar-refractivity contribution is 6.58. The van der Waals surface area contributed by atoms with Crippen LogP contribution in [-0.4, -0.2) is 28.7 Å². The van der Waals surface area contributed by atoms with Gasteiger partial charge in [0.15, 0.2) is 0 Å². The Morgan fingerprint density at radius 1 is 1.40 bits per heavy atom. The lowest BCUT2D eigenvalue weighted by atomic mass is 9.78. The van der Waals surface area contributed by atoms with Crippen LogP contribution >= 0.6 is 0 Å². The van der Waals surface area contributed by atoms with Crippen molar-refractivity contribution >= 4 is 24.2 Å². The summed E-state index contributed by atoms with van der Waals surface area (Å²) in [6, 6.07) is 2.62. The zero-order valence-corrected chi connectivity index (χ0v) is 11.8. The van der Waals surface area contributed by atoms with Gasteiger partial charge in [0, 0.05) is 10.6 Å². The van der Waals surface area contributed by atoms with Gasteiger partial charge in [-0.2, -0.15) is 0 Å². The molecule has 0 aliphatic carbocycles. The Labute approximate surface area is 117 Å². The van der Waals surface area contributed by atoms with Crippen LogP contribution in [0.3, 0.4) is 0 Å². The number of esters is 1. The predicted octanol–water partition coefficient (Wildman–Crippen LogP) is 1.57. The van der Waals surface area contributed by atoms with E-state index in [1.165, 1.54) is 12.1 Å². The van der Waals surface area contributed by atoms with E-state index in [2.05, 4.69) is 10.0 Å². The van der Waals surface area contributed by atoms with Crippen molar-refractivity contribution in [3.8, 4) is 0 Å². The molecule has 0 bridgehead atoms. The van der Waals surface area contributed by atoms with E-state index < -0.39 is 18.7 Å². The molecule has 0 fully saturated rings. The van der Waals surface area contributed by atoms with E-state index in [0.717, 1.165) is 0 Å². The molecule has 0 atom stereocenters. The first-order chi connectivity index (χ1) is 9.15. The van der Waals surface area contributed by atoms with Gasteiger partial charge in [0.2, 0.25) is 0 Å². The summed E-state index contributed by atoms with van der Waals surface area (Å²) in [5, 5.41) is 21.9. The van der Waals surface area contributed by atoms with Crippen LogP contribution < -0.4 is 5.46 Å². The van der Waals surface area contributed by atoms with Crippen molar-refractivity contribution in [3.05, 3.63) is 33.7 Å². The number of rotatable bonds is 3. The van der Waals surface area contributed by atoms with E-state index >= 15 is 0 Å². The lowest BCUT2D eigenvalue weighted by Crippen LogP contribution is -2.32. The monoisotopic (exact) mass is 277 g/mol. The molecule has 106 valence electrons. The van der Waals surface area contributed by atoms with Crippen molar-refractivity contribution in [2.75, 3.05) is 0 Å². The van der Waals surface area contributed by atoms with Gasteiger partial charge in [-0.1, -0.05) is 11.2 Å². The summed E-state index contributed by atoms with van der Waals surface area (Å²) in [5.74, 6) is -0.619. The Bertz CT molecular complexity index is 575. The van der Waals surface area contributed by atoms with Gasteiger partial charge in [-0.25, -0.2) is 4.79 Å². The number of carbonyl (C=O) groups excluding carboxylic acids is 1. The second-order valence-electron chi connectivity index (χ2n) is 5.28. The minimum atomic E-state index is -1.77. The Hall–Kier alpha value is -2.02. The van der Waals surface area contributed by atoms with Crippen molar-refractivity contribution in [1.29, 1.82) is 0 Å². The molecule has 0 spiro atoms. The third-order valence-electron chi connectivity index (χ3n) is 2.47. The highest BCUT2D eigenvalue weighted by atomic mass is 16.6. The van der Waals surface area contributed by atoms with Crippen LogP contribution in [-0.2, 0) is 4.74 Å². The summed E-state index contributed by atoms with van der Waals surface area (Å²) in [5.41, 5.74) is 8.58. The van der Waals surface area contributed by atoms with Crippen LogP contribution in [0.25, 0.3) is 10.4 Å². The number of azide groups is 1. The normalized spacial score (nSPS) is 10.7. The zero-order valence-electron chi connectivity index (χ0n) is 11.8. The number of ether oxygens (including phenoxy) is 1. The van der Waals surface area contributed by atoms with Gasteiger partial charge < -0.3 is 14.8 Å². The molecule has 0 unspecified atom stereocenters. The number of carbonyl (C=O) groups is 1. The fourth-order valence-electron chi connectivity index (χ4n) is 1.57. The minimum Gasteiger partial charge on any atom is -0.456 e. The molecular formula is C12H16BN3O4. The number of hydrogen-bond acceptors (Lipinski definition) is 5. The molecule has 0 aliphatic rings. The smallest absolute Gasteiger partial charge is 0.456 e. The molecule has 0 aromatic heterocycles. The molecular weight excluding hydrogens is 261 g/mol. The first-order valence-electron chi connectivity index (χ1n) is 5.95. The maximum Gasteiger partial charge on any atom is 0.488 e. The quantitative estimate of drug-likeness (QED) is 0.287. The molecule has 0 heterocycles. The van der Waals surface area contributed by atoms with E-state index in [1.807, 2.05) is 0 Å². The SMILES string of the molecule is Cc1c(N=[N+]=[N-])cc(B(O)O)cc1C(=O)OC(C)(C)C. The molecule has 0 saturated carbocycles. The first kappa shape index (κ1) is 16.0. The van der Waals surface area contributed by atoms with Crippen molar-refractivity contribution in [1.82, 2.24) is 0 Å². The van der Waals surface area contributed by atoms with E-state index in [1.54, 1.807) is 27.7 Å². The zero-order chi connectivity index (χ0) is 15.5. The fraction of sp³-hybridized carbons (Fsp3) is 0.417. The van der Waals surface area contributed by atoms with Crippen LogP contribution in [0.2, 0.25) is 0 Å². The molecule has 2 N–H and O–H groups in total. The Balaban J connectivity index is 3.37. The molecule has 1 aromatic carbocycles. The number of benzene rings is 1. The fourth-order valence-corrected chi connectivity index (χ4v) is 1.57. The van der Waals surface area contributed by atoms with Crippen LogP contribution in [0.4, 0.5) is 5.69 Å². The lowest BCUT2D eigenvalue weighted by molar-refractivity contribution is 0.00689. The van der Waals surface area contributed by atoms with Gasteiger partial charge in [-0.05, 0) is 50.3 Å². The first-order valence-corrected chi connectivity index (χ1v) is 5.95. The highest BCUT2D eigenvalue weighted by Gasteiger charge is 2.23. The van der Waals surface area contributed by atoms with E-state index in [0.29, 0.717) is 5.56 Å². The lowest BCUT2D eigenvalue weighted by Gasteiger charge is -2.21. The van der Waals surface area contributed by atoms with E-state index in [9.17, 15) is 14.8 Å². The Kier molecular flexibility index (Phi) is 4.78. The van der Waals surface area contributed by atoms with E-state index in [4.69, 9.17) is 10.3 Å². The minimum absolute atomic E-state index is 0.0545. The molecule has 0 saturated heterocycles. The summed E-state index contributed by atoms with van der Waals surface area (Å²) < 4.78 is 5.24. The van der Waals surface area contributed by atoms with E-state index in [-0.39, 0.29) is 16.7 Å². The average Bonchev–Trinajstić information content (AvgIpc) is 2.29. The van der Waals surface area contributed by atoms with Gasteiger partial charge in [-0.15, -0.1) is 0 Å². The third-order valence-corrected chi connectivity index (χ3v) is 2.47. The number of nitrogens with zero attached hydrogens (tertiary/aromatic N) is 3. The largest absolute Gasteiger partial charge is 0.488 e. The molecule has 0 amide bonds. The summed E-state index contributed by atoms with van der Waals surface area (Å²) in [7, 11) is -1.77. The summed E-state index contributed by atoms with van der Waals surface area (Å²) >= 11 is 0.